The molecule has 20 heavy (non-hydrogen) atoms. The maximum absolute atomic E-state index is 11.7. The fourth-order valence-corrected chi connectivity index (χ4v) is 1.72. The molecule has 0 unspecified atom stereocenters. The molecule has 0 atom stereocenters. The lowest BCUT2D eigenvalue weighted by atomic mass is 10.3. The summed E-state index contributed by atoms with van der Waals surface area (Å²) in [4.78, 5) is 11.7. The van der Waals surface area contributed by atoms with E-state index >= 15 is 0 Å². The minimum atomic E-state index is -0.218. The van der Waals surface area contributed by atoms with Crippen molar-refractivity contribution in [3.05, 3.63) is 47.2 Å². The van der Waals surface area contributed by atoms with Crippen LogP contribution >= 0.6 is 24.2 Å². The number of halogens is 1. The molecule has 1 aromatic heterocycles. The lowest BCUT2D eigenvalue weighted by Crippen LogP contribution is -2.25. The highest BCUT2D eigenvalue weighted by Crippen LogP contribution is 2.15. The molecule has 0 bridgehead atoms. The van der Waals surface area contributed by atoms with Crippen LogP contribution in [0.1, 0.15) is 10.5 Å². The first kappa shape index (κ1) is 14.7. The van der Waals surface area contributed by atoms with Crippen molar-refractivity contribution in [2.75, 3.05) is 12.3 Å². The first-order valence-corrected chi connectivity index (χ1v) is 7.01. The first-order valence-electron chi connectivity index (χ1n) is 6.00. The quantitative estimate of drug-likeness (QED) is 0.804. The summed E-state index contributed by atoms with van der Waals surface area (Å²) in [5, 5.41) is 7.47. The monoisotopic (exact) mass is 311 g/mol. The van der Waals surface area contributed by atoms with E-state index in [9.17, 15) is 4.79 Å². The third-order valence-corrected chi connectivity index (χ3v) is 2.92. The number of hydrogen-bond donors (Lipinski definition) is 2. The van der Waals surface area contributed by atoms with Crippen LogP contribution in [0.15, 0.2) is 36.5 Å². The van der Waals surface area contributed by atoms with Crippen molar-refractivity contribution >= 4 is 30.1 Å². The zero-order valence-electron chi connectivity index (χ0n) is 10.6. The number of carbonyl (C=O) groups is 1. The molecule has 0 spiro atoms. The van der Waals surface area contributed by atoms with Gasteiger partial charge in [-0.1, -0.05) is 11.6 Å². The van der Waals surface area contributed by atoms with Crippen molar-refractivity contribution in [2.24, 2.45) is 0 Å². The van der Waals surface area contributed by atoms with E-state index in [4.69, 9.17) is 16.3 Å². The van der Waals surface area contributed by atoms with Crippen LogP contribution in [0.3, 0.4) is 0 Å². The van der Waals surface area contributed by atoms with Gasteiger partial charge >= 0.3 is 0 Å². The molecule has 0 radical (unpaired) electrons. The second-order valence-corrected chi connectivity index (χ2v) is 4.83. The summed E-state index contributed by atoms with van der Waals surface area (Å²) >= 11 is 9.81. The number of aromatic nitrogens is 2. The van der Waals surface area contributed by atoms with Gasteiger partial charge in [-0.25, -0.2) is 4.68 Å². The van der Waals surface area contributed by atoms with Gasteiger partial charge in [-0.3, -0.25) is 4.79 Å². The van der Waals surface area contributed by atoms with E-state index in [-0.39, 0.29) is 12.6 Å². The summed E-state index contributed by atoms with van der Waals surface area (Å²) in [5.41, 5.74) is 0.353. The summed E-state index contributed by atoms with van der Waals surface area (Å²) < 4.78 is 7.06. The molecule has 0 saturated heterocycles. The third kappa shape index (κ3) is 4.18. The Morgan fingerprint density at radius 2 is 2.10 bits per heavy atom. The number of ether oxygens (including phenoxy) is 1. The standard InChI is InChI=1S/C13H14ClN3O2S/c14-10-1-3-11(4-2-10)19-9-17-7-5-12(16-17)13(18)15-6-8-20/h1-5,7,20H,6,8-9H2,(H,15,18). The third-order valence-electron chi connectivity index (χ3n) is 2.45. The topological polar surface area (TPSA) is 56.2 Å². The van der Waals surface area contributed by atoms with Crippen LogP contribution in [0.2, 0.25) is 5.02 Å². The summed E-state index contributed by atoms with van der Waals surface area (Å²) in [7, 11) is 0. The lowest BCUT2D eigenvalue weighted by molar-refractivity contribution is 0.0949. The molecule has 1 N–H and O–H groups in total. The van der Waals surface area contributed by atoms with Gasteiger partial charge < -0.3 is 10.1 Å². The van der Waals surface area contributed by atoms with Gasteiger partial charge in [0.15, 0.2) is 6.73 Å². The van der Waals surface area contributed by atoms with E-state index in [1.807, 2.05) is 0 Å². The minimum absolute atomic E-state index is 0.218. The zero-order valence-corrected chi connectivity index (χ0v) is 12.3. The highest BCUT2D eigenvalue weighted by Gasteiger charge is 2.08. The predicted molar refractivity (Wildman–Crippen MR) is 80.5 cm³/mol. The van der Waals surface area contributed by atoms with E-state index in [1.165, 1.54) is 0 Å². The van der Waals surface area contributed by atoms with Gasteiger partial charge in [0.2, 0.25) is 0 Å². The Bertz CT molecular complexity index is 571. The number of amides is 1. The average Bonchev–Trinajstić information content (AvgIpc) is 2.93. The van der Waals surface area contributed by atoms with Crippen molar-refractivity contribution in [1.82, 2.24) is 15.1 Å². The molecule has 0 aliphatic heterocycles. The highest BCUT2D eigenvalue weighted by molar-refractivity contribution is 7.80. The van der Waals surface area contributed by atoms with Gasteiger partial charge in [0.25, 0.3) is 5.91 Å². The summed E-state index contributed by atoms with van der Waals surface area (Å²) in [6, 6.07) is 8.67. The molecular weight excluding hydrogens is 298 g/mol. The summed E-state index contributed by atoms with van der Waals surface area (Å²) in [6.45, 7) is 0.734. The maximum Gasteiger partial charge on any atom is 0.271 e. The van der Waals surface area contributed by atoms with Crippen LogP contribution in [-0.2, 0) is 6.73 Å². The Balaban J connectivity index is 1.89. The zero-order chi connectivity index (χ0) is 14.4. The van der Waals surface area contributed by atoms with Crippen molar-refractivity contribution in [3.63, 3.8) is 0 Å². The Morgan fingerprint density at radius 1 is 1.35 bits per heavy atom. The predicted octanol–water partition coefficient (Wildman–Crippen LogP) is 2.23. The van der Waals surface area contributed by atoms with Crippen LogP contribution in [0.5, 0.6) is 5.75 Å². The molecular formula is C13H14ClN3O2S. The summed E-state index contributed by atoms with van der Waals surface area (Å²) in [6.07, 6.45) is 1.69. The van der Waals surface area contributed by atoms with Crippen LogP contribution in [0, 0.1) is 0 Å². The van der Waals surface area contributed by atoms with Crippen LogP contribution < -0.4 is 10.1 Å². The van der Waals surface area contributed by atoms with E-state index < -0.39 is 0 Å². The number of nitrogens with zero attached hydrogens (tertiary/aromatic N) is 2. The minimum Gasteiger partial charge on any atom is -0.471 e. The molecule has 106 valence electrons. The molecule has 0 saturated carbocycles. The first-order chi connectivity index (χ1) is 9.69. The number of carbonyl (C=O) groups excluding carboxylic acids is 1. The molecule has 1 aromatic carbocycles. The Kier molecular flexibility index (Phi) is 5.31. The maximum atomic E-state index is 11.7. The van der Waals surface area contributed by atoms with Crippen molar-refractivity contribution in [2.45, 2.75) is 6.73 Å². The lowest BCUT2D eigenvalue weighted by Gasteiger charge is -2.06. The number of thiol groups is 1. The number of nitrogens with one attached hydrogen (secondary N) is 1. The van der Waals surface area contributed by atoms with E-state index in [2.05, 4.69) is 23.0 Å². The smallest absolute Gasteiger partial charge is 0.271 e. The number of rotatable bonds is 6. The molecule has 5 nitrogen and oxygen atoms in total. The highest BCUT2D eigenvalue weighted by atomic mass is 35.5. The molecule has 2 rings (SSSR count). The Labute approximate surface area is 127 Å². The second-order valence-electron chi connectivity index (χ2n) is 3.95. The second kappa shape index (κ2) is 7.21. The molecule has 1 heterocycles. The summed E-state index contributed by atoms with van der Waals surface area (Å²) in [5.74, 6) is 1.06. The van der Waals surface area contributed by atoms with Crippen molar-refractivity contribution < 1.29 is 9.53 Å². The number of benzene rings is 1. The molecule has 1 amide bonds. The SMILES string of the molecule is O=C(NCCS)c1ccn(COc2ccc(Cl)cc2)n1. The number of hydrogen-bond acceptors (Lipinski definition) is 4. The fourth-order valence-electron chi connectivity index (χ4n) is 1.49. The van der Waals surface area contributed by atoms with Crippen molar-refractivity contribution in [3.8, 4) is 5.75 Å². The largest absolute Gasteiger partial charge is 0.471 e. The molecule has 2 aromatic rings. The molecule has 7 heteroatoms. The van der Waals surface area contributed by atoms with Gasteiger partial charge in [-0.15, -0.1) is 0 Å². The van der Waals surface area contributed by atoms with Crippen LogP contribution in [-0.4, -0.2) is 28.0 Å². The molecule has 0 fully saturated rings. The molecule has 0 aliphatic rings. The Hall–Kier alpha value is -1.66. The van der Waals surface area contributed by atoms with Crippen molar-refractivity contribution in [1.29, 1.82) is 0 Å². The normalized spacial score (nSPS) is 10.3. The average molecular weight is 312 g/mol. The van der Waals surface area contributed by atoms with E-state index in [1.54, 1.807) is 41.2 Å². The molecule has 0 aliphatic carbocycles. The van der Waals surface area contributed by atoms with E-state index in [0.717, 1.165) is 0 Å². The Morgan fingerprint density at radius 3 is 2.80 bits per heavy atom. The van der Waals surface area contributed by atoms with Gasteiger partial charge in [-0.05, 0) is 30.3 Å². The van der Waals surface area contributed by atoms with Crippen LogP contribution in [0.25, 0.3) is 0 Å². The fraction of sp³-hybridized carbons (Fsp3) is 0.231. The van der Waals surface area contributed by atoms with Gasteiger partial charge in [0.1, 0.15) is 11.4 Å². The van der Waals surface area contributed by atoms with Gasteiger partial charge in [0.05, 0.1) is 0 Å². The van der Waals surface area contributed by atoms with Crippen LogP contribution in [0.4, 0.5) is 0 Å². The van der Waals surface area contributed by atoms with Gasteiger partial charge in [0, 0.05) is 23.5 Å². The van der Waals surface area contributed by atoms with E-state index in [0.29, 0.717) is 28.8 Å². The van der Waals surface area contributed by atoms with Gasteiger partial charge in [-0.2, -0.15) is 17.7 Å².